The quantitative estimate of drug-likeness (QED) is 0.710. The van der Waals surface area contributed by atoms with Crippen LogP contribution < -0.4 is 5.73 Å². The van der Waals surface area contributed by atoms with E-state index in [0.29, 0.717) is 5.17 Å². The molecule has 2 N–H and O–H groups in total. The number of unbranched alkanes of at least 4 members (excludes halogenated alkanes) is 1. The summed E-state index contributed by atoms with van der Waals surface area (Å²) in [5.74, 6) is 2.63. The van der Waals surface area contributed by atoms with Crippen LogP contribution in [0.1, 0.15) is 32.6 Å². The monoisotopic (exact) mass is 255 g/mol. The topological polar surface area (TPSA) is 60.0 Å². The zero-order valence-electron chi connectivity index (χ0n) is 10.4. The second-order valence-corrected chi connectivity index (χ2v) is 5.89. The van der Waals surface area contributed by atoms with E-state index in [4.69, 9.17) is 10.5 Å². The van der Waals surface area contributed by atoms with Gasteiger partial charge in [-0.3, -0.25) is 0 Å². The largest absolute Gasteiger partial charge is 0.381 e. The molecule has 1 saturated carbocycles. The van der Waals surface area contributed by atoms with Crippen LogP contribution in [0.25, 0.3) is 0 Å². The SMILES string of the molecule is C[C@@H]1C[C@H]1COCCCCC1=NN=C(N)SC1. The van der Waals surface area contributed by atoms with Crippen LogP contribution in [0, 0.1) is 11.8 Å². The van der Waals surface area contributed by atoms with Crippen molar-refractivity contribution in [2.24, 2.45) is 27.8 Å². The van der Waals surface area contributed by atoms with Gasteiger partial charge in [-0.15, -0.1) is 5.10 Å². The summed E-state index contributed by atoms with van der Waals surface area (Å²) >= 11 is 1.57. The average molecular weight is 255 g/mol. The van der Waals surface area contributed by atoms with Crippen molar-refractivity contribution < 1.29 is 4.74 Å². The third-order valence-electron chi connectivity index (χ3n) is 3.29. The van der Waals surface area contributed by atoms with Crippen molar-refractivity contribution >= 4 is 22.6 Å². The number of ether oxygens (including phenoxy) is 1. The lowest BCUT2D eigenvalue weighted by molar-refractivity contribution is 0.118. The molecule has 0 bridgehead atoms. The summed E-state index contributed by atoms with van der Waals surface area (Å²) < 4.78 is 5.64. The van der Waals surface area contributed by atoms with Crippen molar-refractivity contribution in [3.63, 3.8) is 0 Å². The molecule has 1 fully saturated rings. The highest BCUT2D eigenvalue weighted by atomic mass is 32.2. The van der Waals surface area contributed by atoms with E-state index in [-0.39, 0.29) is 0 Å². The fraction of sp³-hybridized carbons (Fsp3) is 0.833. The molecule has 0 unspecified atom stereocenters. The van der Waals surface area contributed by atoms with Gasteiger partial charge in [0, 0.05) is 19.0 Å². The summed E-state index contributed by atoms with van der Waals surface area (Å²) in [6.45, 7) is 4.13. The van der Waals surface area contributed by atoms with Gasteiger partial charge < -0.3 is 10.5 Å². The third kappa shape index (κ3) is 4.68. The lowest BCUT2D eigenvalue weighted by atomic mass is 10.2. The van der Waals surface area contributed by atoms with Gasteiger partial charge in [0.2, 0.25) is 0 Å². The Morgan fingerprint density at radius 2 is 2.24 bits per heavy atom. The standard InChI is InChI=1S/C12H21N3OS/c1-9-6-10(9)7-16-5-3-2-4-11-8-17-12(13)15-14-11/h9-10H,2-8H2,1H3,(H2,13,15)/t9-,10+/m1/s1. The van der Waals surface area contributed by atoms with Gasteiger partial charge in [0.25, 0.3) is 0 Å². The van der Waals surface area contributed by atoms with Crippen molar-refractivity contribution in [2.45, 2.75) is 32.6 Å². The molecule has 0 aromatic heterocycles. The molecule has 1 aliphatic carbocycles. The highest BCUT2D eigenvalue weighted by Gasteiger charge is 2.32. The summed E-state index contributed by atoms with van der Waals surface area (Å²) in [7, 11) is 0. The summed E-state index contributed by atoms with van der Waals surface area (Å²) in [4.78, 5) is 0. The summed E-state index contributed by atoms with van der Waals surface area (Å²) in [6.07, 6.45) is 4.62. The normalized spacial score (nSPS) is 27.6. The Morgan fingerprint density at radius 3 is 2.88 bits per heavy atom. The number of nitrogens with two attached hydrogens (primary N) is 1. The van der Waals surface area contributed by atoms with Gasteiger partial charge in [-0.1, -0.05) is 18.7 Å². The van der Waals surface area contributed by atoms with Gasteiger partial charge >= 0.3 is 0 Å². The summed E-state index contributed by atoms with van der Waals surface area (Å²) in [5.41, 5.74) is 6.68. The summed E-state index contributed by atoms with van der Waals surface area (Å²) in [6, 6.07) is 0. The highest BCUT2D eigenvalue weighted by Crippen LogP contribution is 2.37. The number of hydrogen-bond donors (Lipinski definition) is 1. The Bertz CT molecular complexity index is 317. The zero-order valence-corrected chi connectivity index (χ0v) is 11.2. The molecule has 4 nitrogen and oxygen atoms in total. The molecule has 2 aliphatic rings. The van der Waals surface area contributed by atoms with E-state index in [2.05, 4.69) is 17.1 Å². The van der Waals surface area contributed by atoms with Gasteiger partial charge in [0.15, 0.2) is 5.17 Å². The molecular weight excluding hydrogens is 234 g/mol. The Kier molecular flexibility index (Phi) is 4.86. The molecule has 1 aliphatic heterocycles. The molecule has 0 aromatic carbocycles. The Balaban J connectivity index is 1.46. The van der Waals surface area contributed by atoms with Gasteiger partial charge in [-0.25, -0.2) is 0 Å². The van der Waals surface area contributed by atoms with E-state index in [9.17, 15) is 0 Å². The minimum atomic E-state index is 0.579. The molecule has 2 rings (SSSR count). The molecule has 5 heteroatoms. The van der Waals surface area contributed by atoms with E-state index in [1.54, 1.807) is 11.8 Å². The van der Waals surface area contributed by atoms with E-state index < -0.39 is 0 Å². The van der Waals surface area contributed by atoms with Crippen LogP contribution in [0.5, 0.6) is 0 Å². The lowest BCUT2D eigenvalue weighted by Crippen LogP contribution is -2.15. The van der Waals surface area contributed by atoms with E-state index in [1.165, 1.54) is 6.42 Å². The van der Waals surface area contributed by atoms with Crippen LogP contribution in [-0.4, -0.2) is 29.8 Å². The lowest BCUT2D eigenvalue weighted by Gasteiger charge is -2.08. The van der Waals surface area contributed by atoms with Crippen molar-refractivity contribution in [2.75, 3.05) is 19.0 Å². The molecule has 0 radical (unpaired) electrons. The van der Waals surface area contributed by atoms with Crippen LogP contribution in [0.4, 0.5) is 0 Å². The Morgan fingerprint density at radius 1 is 1.41 bits per heavy atom. The van der Waals surface area contributed by atoms with Gasteiger partial charge in [0.05, 0.1) is 5.71 Å². The van der Waals surface area contributed by atoms with E-state index in [1.807, 2.05) is 0 Å². The number of hydrogen-bond acceptors (Lipinski definition) is 5. The minimum absolute atomic E-state index is 0.579. The fourth-order valence-electron chi connectivity index (χ4n) is 1.86. The van der Waals surface area contributed by atoms with Gasteiger partial charge in [0.1, 0.15) is 0 Å². The highest BCUT2D eigenvalue weighted by molar-refractivity contribution is 8.14. The average Bonchev–Trinajstić information content (AvgIpc) is 3.02. The van der Waals surface area contributed by atoms with Crippen LogP contribution in [0.3, 0.4) is 0 Å². The molecule has 0 aromatic rings. The predicted molar refractivity (Wildman–Crippen MR) is 73.5 cm³/mol. The molecular formula is C12H21N3OS. The maximum atomic E-state index is 5.64. The van der Waals surface area contributed by atoms with Crippen molar-refractivity contribution in [3.05, 3.63) is 0 Å². The molecule has 1 heterocycles. The van der Waals surface area contributed by atoms with Crippen molar-refractivity contribution in [1.82, 2.24) is 0 Å². The first-order valence-electron chi connectivity index (χ1n) is 6.35. The first-order valence-corrected chi connectivity index (χ1v) is 7.33. The maximum absolute atomic E-state index is 5.64. The second-order valence-electron chi connectivity index (χ2n) is 4.90. The van der Waals surface area contributed by atoms with Gasteiger partial charge in [-0.05, 0) is 37.5 Å². The zero-order chi connectivity index (χ0) is 12.1. The van der Waals surface area contributed by atoms with Gasteiger partial charge in [-0.2, -0.15) is 5.10 Å². The number of amidine groups is 1. The van der Waals surface area contributed by atoms with Crippen LogP contribution in [0.15, 0.2) is 10.2 Å². The molecule has 0 saturated heterocycles. The fourth-order valence-corrected chi connectivity index (χ4v) is 2.47. The Hall–Kier alpha value is -0.550. The first kappa shape index (κ1) is 12.9. The Labute approximate surface area is 107 Å². The van der Waals surface area contributed by atoms with E-state index >= 15 is 0 Å². The van der Waals surface area contributed by atoms with Crippen molar-refractivity contribution in [3.8, 4) is 0 Å². The number of thioether (sulfide) groups is 1. The molecule has 17 heavy (non-hydrogen) atoms. The molecule has 0 spiro atoms. The predicted octanol–water partition coefficient (Wildman–Crippen LogP) is 2.25. The maximum Gasteiger partial charge on any atom is 0.180 e. The van der Waals surface area contributed by atoms with Crippen LogP contribution >= 0.6 is 11.8 Å². The molecule has 2 atom stereocenters. The molecule has 0 amide bonds. The smallest absolute Gasteiger partial charge is 0.180 e. The number of rotatable bonds is 7. The van der Waals surface area contributed by atoms with Crippen LogP contribution in [-0.2, 0) is 4.74 Å². The van der Waals surface area contributed by atoms with E-state index in [0.717, 1.165) is 55.8 Å². The minimum Gasteiger partial charge on any atom is -0.381 e. The number of nitrogens with zero attached hydrogens (tertiary/aromatic N) is 2. The third-order valence-corrected chi connectivity index (χ3v) is 4.14. The molecule has 96 valence electrons. The first-order chi connectivity index (χ1) is 8.25. The second kappa shape index (κ2) is 6.40. The summed E-state index contributed by atoms with van der Waals surface area (Å²) in [5, 5.41) is 8.55. The van der Waals surface area contributed by atoms with Crippen molar-refractivity contribution in [1.29, 1.82) is 0 Å². The van der Waals surface area contributed by atoms with Crippen LogP contribution in [0.2, 0.25) is 0 Å².